The Balaban J connectivity index is 0.000000721. The Hall–Kier alpha value is -10.1. The van der Waals surface area contributed by atoms with Crippen molar-refractivity contribution in [3.05, 3.63) is 139 Å². The van der Waals surface area contributed by atoms with Crippen LogP contribution in [0.15, 0.2) is 113 Å². The molecule has 0 spiro atoms. The van der Waals surface area contributed by atoms with Crippen LogP contribution in [0.2, 0.25) is 0 Å². The van der Waals surface area contributed by atoms with Crippen molar-refractivity contribution in [2.24, 2.45) is 0 Å². The lowest BCUT2D eigenvalue weighted by molar-refractivity contribution is -0.387. The lowest BCUT2D eigenvalue weighted by Gasteiger charge is -2.25. The van der Waals surface area contributed by atoms with Gasteiger partial charge in [-0.3, -0.25) is 29.8 Å². The first-order chi connectivity index (χ1) is 54.0. The highest BCUT2D eigenvalue weighted by Crippen LogP contribution is 2.35. The molecule has 37 nitrogen and oxygen atoms in total. The minimum atomic E-state index is -1.43. The van der Waals surface area contributed by atoms with Gasteiger partial charge in [0.05, 0.1) is 39.1 Å². The number of nitrogens with zero attached hydrogens (tertiary/aromatic N) is 3. The number of hydrogen-bond acceptors (Lipinski definition) is 25. The highest BCUT2D eigenvalue weighted by atomic mass is 79.9. The van der Waals surface area contributed by atoms with Crippen LogP contribution in [0.1, 0.15) is 132 Å². The Morgan fingerprint density at radius 2 is 0.849 bits per heavy atom. The van der Waals surface area contributed by atoms with Crippen LogP contribution in [0.5, 0.6) is 23.0 Å². The number of rotatable bonds is 18. The van der Waals surface area contributed by atoms with E-state index in [1.807, 2.05) is 12.1 Å². The minimum Gasteiger partial charge on any atom is -0.489 e. The van der Waals surface area contributed by atoms with E-state index in [0.29, 0.717) is 43.3 Å². The third kappa shape index (κ3) is 44.0. The zero-order chi connectivity index (χ0) is 90.5. The second-order valence-electron chi connectivity index (χ2n) is 30.7. The van der Waals surface area contributed by atoms with E-state index in [9.17, 15) is 72.6 Å². The summed E-state index contributed by atoms with van der Waals surface area (Å²) in [6.45, 7) is 30.2. The summed E-state index contributed by atoms with van der Waals surface area (Å²) in [5.41, 5.74) is 2.57. The summed E-state index contributed by atoms with van der Waals surface area (Å²) < 4.78 is 68.3. The number of amides is 7. The molecule has 7 rings (SSSR count). The van der Waals surface area contributed by atoms with Crippen molar-refractivity contribution < 1.29 is 125 Å². The van der Waals surface area contributed by atoms with Gasteiger partial charge in [0.15, 0.2) is 23.9 Å². The van der Waals surface area contributed by atoms with E-state index in [1.54, 1.807) is 174 Å². The maximum absolute atomic E-state index is 12.6. The molecule has 0 radical (unpaired) electrons. The number of nitrogens with one attached hydrogen (secondary N) is 6. The van der Waals surface area contributed by atoms with E-state index >= 15 is 0 Å². The number of alkyl carbamates (subject to hydrolysis) is 5. The maximum atomic E-state index is 12.6. The first-order valence-electron chi connectivity index (χ1n) is 35.1. The number of carbonyl (C=O) groups excluding carboxylic acids is 7. The minimum absolute atomic E-state index is 0. The summed E-state index contributed by atoms with van der Waals surface area (Å²) in [4.78, 5) is 137. The number of nitro groups is 2. The highest BCUT2D eigenvalue weighted by Gasteiger charge is 2.35. The molecule has 0 saturated carbocycles. The molecule has 2 aliphatic heterocycles. The number of aliphatic carboxylic acids is 3. The average molecular weight is 2010 g/mol. The number of fused-ring (bicyclic) bond motifs is 2. The van der Waals surface area contributed by atoms with E-state index in [-0.39, 0.29) is 57.1 Å². The molecular weight excluding hydrogens is 1900 g/mol. The number of hydrogen-bond donors (Lipinski definition) is 10. The summed E-state index contributed by atoms with van der Waals surface area (Å²) in [6.07, 6.45) is -3.82. The van der Waals surface area contributed by atoms with Gasteiger partial charge in [0.1, 0.15) is 83.8 Å². The molecular formula is C76H102Br5FN10O27. The first-order valence-corrected chi connectivity index (χ1v) is 39.0. The molecule has 0 saturated heterocycles. The summed E-state index contributed by atoms with van der Waals surface area (Å²) in [5, 5.41) is 62.7. The molecule has 0 aliphatic carbocycles. The van der Waals surface area contributed by atoms with E-state index in [2.05, 4.69) is 112 Å². The van der Waals surface area contributed by atoms with E-state index < -0.39 is 140 Å². The van der Waals surface area contributed by atoms with Crippen molar-refractivity contribution in [3.8, 4) is 23.0 Å². The van der Waals surface area contributed by atoms with Crippen molar-refractivity contribution in [1.82, 2.24) is 26.6 Å². The van der Waals surface area contributed by atoms with Crippen LogP contribution in [-0.4, -0.2) is 189 Å². The lowest BCUT2D eigenvalue weighted by Crippen LogP contribution is -2.50. The largest absolute Gasteiger partial charge is 0.489 e. The second kappa shape index (κ2) is 47.6. The van der Waals surface area contributed by atoms with Crippen molar-refractivity contribution in [2.75, 3.05) is 56.0 Å². The van der Waals surface area contributed by atoms with Crippen LogP contribution in [0.25, 0.3) is 0 Å². The fourth-order valence-corrected chi connectivity index (χ4v) is 10.1. The van der Waals surface area contributed by atoms with Gasteiger partial charge in [0, 0.05) is 41.5 Å². The molecule has 0 aromatic heterocycles. The molecule has 0 unspecified atom stereocenters. The predicted octanol–water partition coefficient (Wildman–Crippen LogP) is 15.4. The monoisotopic (exact) mass is 2000 g/mol. The molecule has 11 N–H and O–H groups in total. The molecule has 660 valence electrons. The number of carbonyl (C=O) groups is 10. The molecule has 43 heteroatoms. The standard InChI is InChI=1S/C15H19BrN2O4.C14H17BrN2O7.C14H19BrN2O5.C14H17BrN2O4.C12H23NO5.C6H3BrFNO2.CH4/c1-15(2,3)22-14(20)17-10-8-21-12-6-5-9(16)7-11(12)18(4)13(10)19;1-14(2,3)24-13(20)16-9(12(18)19)7-23-11-5-4-8(15)6-10(11)17(21)22;1-14(2,3)22-13(20)17-10(12(18)19)7-21-11-5-4-8(15)6-9(11)16;1-14(2,3)21-13(19)17-10-7-20-11-5-4-8(15)6-9(11)16-12(10)18;1-11(2,3)17-7-8(9(14)15)13-10(16)18-12(4,5)6;7-4-1-2-5(8)6(3-4)9(10)11;/h5-7,10H,8H2,1-4H3,(H,17,20);4-6,9H,7H2,1-3H3,(H,16,20)(H,18,19);4-6,10H,7,16H2,1-3H3,(H,17,20)(H,18,19);4-6,10H,7H2,1-3H3,(H,16,18)(H,17,19);8H,7H2,1-6H3,(H,13,16)(H,14,15);1-3H;1H4/t10-;9-;2*10-;8-;;/m00000../s1. The van der Waals surface area contributed by atoms with E-state index in [0.717, 1.165) is 25.6 Å². The smallest absolute Gasteiger partial charge is 0.408 e. The third-order valence-electron chi connectivity index (χ3n) is 13.3. The fraction of sp³-hybridized carbons (Fsp3) is 0.474. The van der Waals surface area contributed by atoms with Crippen molar-refractivity contribution in [3.63, 3.8) is 0 Å². The van der Waals surface area contributed by atoms with Gasteiger partial charge in [-0.05, 0) is 203 Å². The molecule has 2 aliphatic rings. The fourth-order valence-electron chi connectivity index (χ4n) is 8.36. The SMILES string of the molecule is C.CC(C)(C)OC(=O)N[C@@H](COc1ccc(Br)cc1N)C(=O)O.CC(C)(C)OC(=O)N[C@@H](COc1ccc(Br)cc1[N+](=O)[O-])C(=O)O.CC(C)(C)OC(=O)N[C@H]1COc2ccc(Br)cc2NC1=O.CC(C)(C)OC[C@H](NC(=O)OC(C)(C)C)C(=O)O.CN1C(=O)[C@@H](NC(=O)OC(C)(C)C)COc2ccc(Br)cc21.O=[N+]([O-])c1cc(Br)ccc1F. The van der Waals surface area contributed by atoms with Crippen LogP contribution in [0.4, 0.5) is 56.8 Å². The van der Waals surface area contributed by atoms with Gasteiger partial charge < -0.3 is 105 Å². The number of nitro benzene ring substituents is 2. The Kier molecular flexibility index (Phi) is 42.8. The number of nitrogen functional groups attached to an aromatic ring is 1. The zero-order valence-electron chi connectivity index (χ0n) is 67.9. The number of halogens is 6. The molecule has 5 atom stereocenters. The molecule has 5 aromatic carbocycles. The summed E-state index contributed by atoms with van der Waals surface area (Å²) >= 11 is 16.0. The topological polar surface area (TPSA) is 511 Å². The number of carboxylic acid groups (broad SMARTS) is 3. The predicted molar refractivity (Wildman–Crippen MR) is 454 cm³/mol. The summed E-state index contributed by atoms with van der Waals surface area (Å²) in [5.74, 6) is -3.82. The van der Waals surface area contributed by atoms with Gasteiger partial charge in [0.25, 0.3) is 11.8 Å². The average Bonchev–Trinajstić information content (AvgIpc) is 1.69. The second-order valence-corrected chi connectivity index (χ2v) is 35.3. The van der Waals surface area contributed by atoms with Crippen molar-refractivity contribution in [2.45, 2.75) is 196 Å². The summed E-state index contributed by atoms with van der Waals surface area (Å²) in [6, 6.07) is 17.9. The normalized spacial score (nSPS) is 14.2. The number of anilines is 3. The van der Waals surface area contributed by atoms with Gasteiger partial charge in [-0.1, -0.05) is 87.1 Å². The highest BCUT2D eigenvalue weighted by molar-refractivity contribution is 9.11. The molecule has 119 heavy (non-hydrogen) atoms. The molecule has 7 amide bonds. The van der Waals surface area contributed by atoms with Gasteiger partial charge in [-0.2, -0.15) is 4.39 Å². The van der Waals surface area contributed by atoms with Crippen LogP contribution < -0.4 is 61.5 Å². The Morgan fingerprint density at radius 3 is 1.26 bits per heavy atom. The van der Waals surface area contributed by atoms with E-state index in [4.69, 9.17) is 68.4 Å². The van der Waals surface area contributed by atoms with Gasteiger partial charge in [-0.25, -0.2) is 38.4 Å². The van der Waals surface area contributed by atoms with Crippen molar-refractivity contribution in [1.29, 1.82) is 0 Å². The molecule has 5 aromatic rings. The Labute approximate surface area is 729 Å². The zero-order valence-corrected chi connectivity index (χ0v) is 75.8. The Bertz CT molecular complexity index is 4350. The van der Waals surface area contributed by atoms with Crippen molar-refractivity contribution >= 4 is 168 Å². The number of ether oxygens (including phenoxy) is 10. The van der Waals surface area contributed by atoms with Gasteiger partial charge >= 0.3 is 59.7 Å². The van der Waals surface area contributed by atoms with Crippen LogP contribution in [0, 0.1) is 26.0 Å². The van der Waals surface area contributed by atoms with Crippen LogP contribution >= 0.6 is 79.6 Å². The van der Waals surface area contributed by atoms with Crippen LogP contribution in [0.3, 0.4) is 0 Å². The van der Waals surface area contributed by atoms with Gasteiger partial charge in [0.2, 0.25) is 5.82 Å². The first kappa shape index (κ1) is 107. The summed E-state index contributed by atoms with van der Waals surface area (Å²) in [7, 11) is 1.64. The Morgan fingerprint density at radius 1 is 0.504 bits per heavy atom. The van der Waals surface area contributed by atoms with E-state index in [1.165, 1.54) is 29.2 Å². The third-order valence-corrected chi connectivity index (χ3v) is 15.7. The van der Waals surface area contributed by atoms with Gasteiger partial charge in [-0.15, -0.1) is 0 Å². The lowest BCUT2D eigenvalue weighted by atomic mass is 10.2. The number of carboxylic acids is 3. The molecule has 0 bridgehead atoms. The number of benzene rings is 5. The number of likely N-dealkylation sites (N-methyl/N-ethyl adjacent to an activating group) is 1. The number of nitrogens with two attached hydrogens (primary N) is 1. The quantitative estimate of drug-likeness (QED) is 0.0169. The molecule has 0 fully saturated rings. The van der Waals surface area contributed by atoms with Crippen LogP contribution in [-0.2, 0) is 52.4 Å². The molecule has 2 heterocycles. The maximum Gasteiger partial charge on any atom is 0.408 e.